The second kappa shape index (κ2) is 11.0. The van der Waals surface area contributed by atoms with Crippen LogP contribution in [-0.2, 0) is 9.59 Å². The molecule has 0 radical (unpaired) electrons. The molecule has 0 saturated carbocycles. The number of aromatic hydroxyl groups is 1. The number of ketones is 1. The lowest BCUT2D eigenvalue weighted by Crippen LogP contribution is -2.33. The van der Waals surface area contributed by atoms with Crippen molar-refractivity contribution in [2.24, 2.45) is 0 Å². The maximum Gasteiger partial charge on any atom is 0.295 e. The fraction of sp³-hybridized carbons (Fsp3) is 0.385. The SMILES string of the molecule is CCOc1cccc(C(O)=C2C(=O)C(=O)N(CCCN(CC)CC)C2c2ccc(O)cc2)c1. The molecule has 1 saturated heterocycles. The van der Waals surface area contributed by atoms with E-state index >= 15 is 0 Å². The van der Waals surface area contributed by atoms with Gasteiger partial charge in [-0.3, -0.25) is 9.59 Å². The zero-order valence-electron chi connectivity index (χ0n) is 19.5. The molecular weight excluding hydrogens is 420 g/mol. The van der Waals surface area contributed by atoms with Gasteiger partial charge in [-0.25, -0.2) is 0 Å². The van der Waals surface area contributed by atoms with Crippen LogP contribution < -0.4 is 4.74 Å². The number of rotatable bonds is 10. The predicted molar refractivity (Wildman–Crippen MR) is 127 cm³/mol. The van der Waals surface area contributed by atoms with Crippen molar-refractivity contribution in [3.05, 3.63) is 65.2 Å². The molecule has 2 aromatic carbocycles. The van der Waals surface area contributed by atoms with Crippen molar-refractivity contribution in [3.8, 4) is 11.5 Å². The summed E-state index contributed by atoms with van der Waals surface area (Å²) in [4.78, 5) is 29.9. The number of nitrogens with zero attached hydrogens (tertiary/aromatic N) is 2. The number of Topliss-reactive ketones (excluding diaryl/α,β-unsaturated/α-hetero) is 1. The van der Waals surface area contributed by atoms with E-state index in [1.807, 2.05) is 6.92 Å². The minimum Gasteiger partial charge on any atom is -0.508 e. The van der Waals surface area contributed by atoms with Crippen LogP contribution in [0.1, 0.15) is 44.4 Å². The standard InChI is InChI=1S/C26H32N2O5/c1-4-27(5-2)15-8-16-28-23(18-11-13-20(29)14-12-18)22(25(31)26(28)32)24(30)19-9-7-10-21(17-19)33-6-3/h7,9-14,17,23,29-30H,4-6,8,15-16H2,1-3H3. The number of likely N-dealkylation sites (tertiary alicyclic amines) is 1. The topological polar surface area (TPSA) is 90.3 Å². The summed E-state index contributed by atoms with van der Waals surface area (Å²) in [7, 11) is 0. The summed E-state index contributed by atoms with van der Waals surface area (Å²) in [5, 5.41) is 20.9. The lowest BCUT2D eigenvalue weighted by Gasteiger charge is -2.26. The quantitative estimate of drug-likeness (QED) is 0.322. The molecule has 1 aliphatic rings. The Kier molecular flexibility index (Phi) is 8.11. The molecule has 33 heavy (non-hydrogen) atoms. The van der Waals surface area contributed by atoms with E-state index in [-0.39, 0.29) is 17.1 Å². The van der Waals surface area contributed by atoms with Crippen LogP contribution in [0.2, 0.25) is 0 Å². The Morgan fingerprint density at radius 3 is 2.39 bits per heavy atom. The Morgan fingerprint density at radius 1 is 1.06 bits per heavy atom. The Bertz CT molecular complexity index is 1010. The first-order valence-corrected chi connectivity index (χ1v) is 11.4. The lowest BCUT2D eigenvalue weighted by molar-refractivity contribution is -0.140. The molecule has 7 heteroatoms. The average Bonchev–Trinajstić information content (AvgIpc) is 3.07. The second-order valence-electron chi connectivity index (χ2n) is 7.93. The molecule has 0 aliphatic carbocycles. The number of phenolic OH excluding ortho intramolecular Hbond substituents is 1. The van der Waals surface area contributed by atoms with Crippen LogP contribution in [-0.4, -0.2) is 64.5 Å². The molecule has 1 aliphatic heterocycles. The summed E-state index contributed by atoms with van der Waals surface area (Å²) in [5.41, 5.74) is 1.10. The molecule has 3 rings (SSSR count). The van der Waals surface area contributed by atoms with Crippen LogP contribution in [0.15, 0.2) is 54.1 Å². The highest BCUT2D eigenvalue weighted by Crippen LogP contribution is 2.40. The summed E-state index contributed by atoms with van der Waals surface area (Å²) in [6.45, 7) is 9.50. The largest absolute Gasteiger partial charge is 0.508 e. The van der Waals surface area contributed by atoms with E-state index in [1.165, 1.54) is 17.0 Å². The minimum atomic E-state index is -0.738. The summed E-state index contributed by atoms with van der Waals surface area (Å²) in [5.74, 6) is -0.928. The maximum atomic E-state index is 13.1. The van der Waals surface area contributed by atoms with Crippen LogP contribution in [0.4, 0.5) is 0 Å². The van der Waals surface area contributed by atoms with E-state index in [1.54, 1.807) is 36.4 Å². The van der Waals surface area contributed by atoms with Gasteiger partial charge in [0.1, 0.15) is 17.3 Å². The monoisotopic (exact) mass is 452 g/mol. The van der Waals surface area contributed by atoms with Crippen molar-refractivity contribution < 1.29 is 24.5 Å². The second-order valence-corrected chi connectivity index (χ2v) is 7.93. The van der Waals surface area contributed by atoms with Gasteiger partial charge in [0.05, 0.1) is 18.2 Å². The third-order valence-electron chi connectivity index (χ3n) is 5.94. The molecule has 2 aromatic rings. The molecule has 176 valence electrons. The van der Waals surface area contributed by atoms with Crippen LogP contribution in [0.25, 0.3) is 5.76 Å². The highest BCUT2D eigenvalue weighted by molar-refractivity contribution is 6.46. The van der Waals surface area contributed by atoms with Gasteiger partial charge in [-0.15, -0.1) is 0 Å². The first kappa shape index (κ1) is 24.3. The number of carbonyl (C=O) groups is 2. The number of amides is 1. The smallest absolute Gasteiger partial charge is 0.295 e. The van der Waals surface area contributed by atoms with Crippen LogP contribution in [0, 0.1) is 0 Å². The first-order chi connectivity index (χ1) is 15.9. The van der Waals surface area contributed by atoms with Crippen molar-refractivity contribution in [1.82, 2.24) is 9.80 Å². The Morgan fingerprint density at radius 2 is 1.76 bits per heavy atom. The Hall–Kier alpha value is -3.32. The fourth-order valence-corrected chi connectivity index (χ4v) is 4.17. The minimum absolute atomic E-state index is 0.0437. The first-order valence-electron chi connectivity index (χ1n) is 11.4. The molecule has 1 unspecified atom stereocenters. The molecule has 7 nitrogen and oxygen atoms in total. The van der Waals surface area contributed by atoms with Gasteiger partial charge in [0.2, 0.25) is 0 Å². The van der Waals surface area contributed by atoms with Gasteiger partial charge < -0.3 is 24.7 Å². The van der Waals surface area contributed by atoms with Crippen molar-refractivity contribution >= 4 is 17.4 Å². The number of benzene rings is 2. The normalized spacial score (nSPS) is 17.7. The van der Waals surface area contributed by atoms with Gasteiger partial charge in [0.25, 0.3) is 11.7 Å². The van der Waals surface area contributed by atoms with Crippen LogP contribution >= 0.6 is 0 Å². The fourth-order valence-electron chi connectivity index (χ4n) is 4.17. The Labute approximate surface area is 194 Å². The van der Waals surface area contributed by atoms with Crippen molar-refractivity contribution in [1.29, 1.82) is 0 Å². The van der Waals surface area contributed by atoms with E-state index < -0.39 is 17.7 Å². The highest BCUT2D eigenvalue weighted by Gasteiger charge is 2.45. The number of aliphatic hydroxyl groups excluding tert-OH is 1. The van der Waals surface area contributed by atoms with Crippen LogP contribution in [0.3, 0.4) is 0 Å². The predicted octanol–water partition coefficient (Wildman–Crippen LogP) is 3.94. The molecular formula is C26H32N2O5. The van der Waals surface area contributed by atoms with E-state index in [0.29, 0.717) is 36.4 Å². The molecule has 1 amide bonds. The van der Waals surface area contributed by atoms with E-state index in [4.69, 9.17) is 4.74 Å². The van der Waals surface area contributed by atoms with E-state index in [9.17, 15) is 19.8 Å². The number of phenols is 1. The molecule has 1 heterocycles. The van der Waals surface area contributed by atoms with Gasteiger partial charge >= 0.3 is 0 Å². The Balaban J connectivity index is 2.02. The van der Waals surface area contributed by atoms with Gasteiger partial charge in [0.15, 0.2) is 0 Å². The summed E-state index contributed by atoms with van der Waals surface area (Å²) < 4.78 is 5.52. The summed E-state index contributed by atoms with van der Waals surface area (Å²) >= 11 is 0. The van der Waals surface area contributed by atoms with Gasteiger partial charge in [0, 0.05) is 12.1 Å². The molecule has 0 aromatic heterocycles. The van der Waals surface area contributed by atoms with Gasteiger partial charge in [-0.2, -0.15) is 0 Å². The average molecular weight is 453 g/mol. The van der Waals surface area contributed by atoms with Crippen LogP contribution in [0.5, 0.6) is 11.5 Å². The number of carbonyl (C=O) groups excluding carboxylic acids is 2. The van der Waals surface area contributed by atoms with Crippen molar-refractivity contribution in [3.63, 3.8) is 0 Å². The van der Waals surface area contributed by atoms with E-state index in [2.05, 4.69) is 18.7 Å². The molecule has 0 bridgehead atoms. The third-order valence-corrected chi connectivity index (χ3v) is 5.94. The maximum absolute atomic E-state index is 13.1. The molecule has 2 N–H and O–H groups in total. The number of aliphatic hydroxyl groups is 1. The van der Waals surface area contributed by atoms with Crippen molar-refractivity contribution in [2.45, 2.75) is 33.2 Å². The molecule has 1 atom stereocenters. The lowest BCUT2D eigenvalue weighted by atomic mass is 9.95. The number of hydrogen-bond donors (Lipinski definition) is 2. The summed E-state index contributed by atoms with van der Waals surface area (Å²) in [6.07, 6.45) is 0.698. The zero-order chi connectivity index (χ0) is 24.0. The molecule has 1 fully saturated rings. The summed E-state index contributed by atoms with van der Waals surface area (Å²) in [6, 6.07) is 12.5. The highest BCUT2D eigenvalue weighted by atomic mass is 16.5. The molecule has 0 spiro atoms. The van der Waals surface area contributed by atoms with Gasteiger partial charge in [-0.1, -0.05) is 38.1 Å². The third kappa shape index (κ3) is 5.37. The van der Waals surface area contributed by atoms with Gasteiger partial charge in [-0.05, 0) is 62.8 Å². The zero-order valence-corrected chi connectivity index (χ0v) is 19.5. The number of ether oxygens (including phenoxy) is 1. The number of hydrogen-bond acceptors (Lipinski definition) is 6. The van der Waals surface area contributed by atoms with Crippen molar-refractivity contribution in [2.75, 3.05) is 32.8 Å². The van der Waals surface area contributed by atoms with E-state index in [0.717, 1.165) is 19.6 Å².